The van der Waals surface area contributed by atoms with E-state index in [2.05, 4.69) is 10.4 Å². The van der Waals surface area contributed by atoms with Gasteiger partial charge in [-0.3, -0.25) is 14.4 Å². The SMILES string of the molecule is CC(C)(N)C(=O)N[C@H](COCc1ccc(F)cc1F)C(=O)N1CCC2=NN(CC(F)(F)F)C(=O)[C@]2(Cc2ccccc2)C1. The number of nitrogens with two attached hydrogens (primary N) is 1. The molecule has 0 radical (unpaired) electrons. The maximum Gasteiger partial charge on any atom is 0.408 e. The van der Waals surface area contributed by atoms with Crippen molar-refractivity contribution in [3.05, 3.63) is 71.3 Å². The minimum atomic E-state index is -4.69. The summed E-state index contributed by atoms with van der Waals surface area (Å²) >= 11 is 0. The van der Waals surface area contributed by atoms with Crippen LogP contribution in [0.25, 0.3) is 0 Å². The Bertz CT molecular complexity index is 1400. The van der Waals surface area contributed by atoms with E-state index in [1.54, 1.807) is 30.3 Å². The van der Waals surface area contributed by atoms with Crippen LogP contribution in [-0.4, -0.2) is 77.3 Å². The second kappa shape index (κ2) is 12.4. The van der Waals surface area contributed by atoms with Crippen molar-refractivity contribution in [2.45, 2.75) is 51.1 Å². The van der Waals surface area contributed by atoms with Crippen molar-refractivity contribution >= 4 is 23.4 Å². The summed E-state index contributed by atoms with van der Waals surface area (Å²) in [6.45, 7) is 0.196. The van der Waals surface area contributed by atoms with E-state index in [-0.39, 0.29) is 43.8 Å². The molecule has 2 atom stereocenters. The number of hydrogen-bond donors (Lipinski definition) is 2. The number of benzene rings is 2. The zero-order chi connectivity index (χ0) is 31.6. The van der Waals surface area contributed by atoms with Crippen LogP contribution in [0, 0.1) is 17.0 Å². The van der Waals surface area contributed by atoms with Gasteiger partial charge in [0.15, 0.2) is 0 Å². The van der Waals surface area contributed by atoms with E-state index in [4.69, 9.17) is 10.5 Å². The van der Waals surface area contributed by atoms with Crippen molar-refractivity contribution in [2.24, 2.45) is 16.3 Å². The lowest BCUT2D eigenvalue weighted by atomic mass is 9.73. The van der Waals surface area contributed by atoms with E-state index < -0.39 is 65.7 Å². The average Bonchev–Trinajstić information content (AvgIpc) is 3.17. The van der Waals surface area contributed by atoms with Gasteiger partial charge in [-0.2, -0.15) is 18.3 Å². The zero-order valence-corrected chi connectivity index (χ0v) is 23.6. The molecule has 3 amide bonds. The van der Waals surface area contributed by atoms with E-state index >= 15 is 0 Å². The summed E-state index contributed by atoms with van der Waals surface area (Å²) in [5.41, 5.74) is 3.86. The highest BCUT2D eigenvalue weighted by molar-refractivity contribution is 6.14. The third-order valence-corrected chi connectivity index (χ3v) is 7.25. The summed E-state index contributed by atoms with van der Waals surface area (Å²) in [6, 6.07) is 10.2. The van der Waals surface area contributed by atoms with Crippen LogP contribution in [0.2, 0.25) is 0 Å². The first-order valence-corrected chi connectivity index (χ1v) is 13.5. The maximum absolute atomic E-state index is 14.1. The molecule has 43 heavy (non-hydrogen) atoms. The van der Waals surface area contributed by atoms with E-state index in [9.17, 15) is 36.3 Å². The van der Waals surface area contributed by atoms with Crippen molar-refractivity contribution in [3.63, 3.8) is 0 Å². The Morgan fingerprint density at radius 1 is 1.14 bits per heavy atom. The van der Waals surface area contributed by atoms with Gasteiger partial charge in [-0.25, -0.2) is 13.8 Å². The minimum Gasteiger partial charge on any atom is -0.374 e. The van der Waals surface area contributed by atoms with Crippen LogP contribution in [0.4, 0.5) is 22.0 Å². The Kier molecular flexibility index (Phi) is 9.21. The largest absolute Gasteiger partial charge is 0.408 e. The number of hydrogen-bond acceptors (Lipinski definition) is 6. The Morgan fingerprint density at radius 2 is 1.84 bits per heavy atom. The fourth-order valence-corrected chi connectivity index (χ4v) is 5.06. The second-order valence-corrected chi connectivity index (χ2v) is 11.3. The molecule has 2 aromatic rings. The summed E-state index contributed by atoms with van der Waals surface area (Å²) in [5, 5.41) is 6.97. The molecule has 2 aliphatic rings. The van der Waals surface area contributed by atoms with Crippen molar-refractivity contribution in [2.75, 3.05) is 26.2 Å². The number of nitrogens with zero attached hydrogens (tertiary/aromatic N) is 3. The van der Waals surface area contributed by atoms with Gasteiger partial charge in [0.25, 0.3) is 5.91 Å². The predicted molar refractivity (Wildman–Crippen MR) is 145 cm³/mol. The number of carbonyl (C=O) groups excluding carboxylic acids is 3. The van der Waals surface area contributed by atoms with Gasteiger partial charge in [-0.05, 0) is 31.9 Å². The molecule has 3 N–H and O–H groups in total. The third kappa shape index (κ3) is 7.54. The topological polar surface area (TPSA) is 117 Å². The highest BCUT2D eigenvalue weighted by Gasteiger charge is 2.56. The van der Waals surface area contributed by atoms with Crippen molar-refractivity contribution in [1.29, 1.82) is 0 Å². The number of fused-ring (bicyclic) bond motifs is 1. The number of rotatable bonds is 10. The number of halogens is 5. The normalized spacial score (nSPS) is 19.6. The van der Waals surface area contributed by atoms with Crippen LogP contribution in [0.15, 0.2) is 53.6 Å². The van der Waals surface area contributed by atoms with Crippen LogP contribution in [0.1, 0.15) is 31.4 Å². The van der Waals surface area contributed by atoms with Gasteiger partial charge in [-0.1, -0.05) is 36.4 Å². The Hall–Kier alpha value is -3.91. The molecule has 0 saturated carbocycles. The molecule has 14 heteroatoms. The second-order valence-electron chi connectivity index (χ2n) is 11.3. The van der Waals surface area contributed by atoms with Crippen LogP contribution in [-0.2, 0) is 32.1 Å². The molecular formula is C29H32F5N5O4. The highest BCUT2D eigenvalue weighted by Crippen LogP contribution is 2.40. The minimum absolute atomic E-state index is 0.00313. The molecule has 9 nitrogen and oxygen atoms in total. The predicted octanol–water partition coefficient (Wildman–Crippen LogP) is 2.93. The van der Waals surface area contributed by atoms with Gasteiger partial charge in [-0.15, -0.1) is 0 Å². The number of piperidine rings is 1. The van der Waals surface area contributed by atoms with Crippen LogP contribution in [0.3, 0.4) is 0 Å². The molecule has 0 bridgehead atoms. The van der Waals surface area contributed by atoms with Gasteiger partial charge >= 0.3 is 6.18 Å². The van der Waals surface area contributed by atoms with Crippen molar-refractivity contribution in [3.8, 4) is 0 Å². The summed E-state index contributed by atoms with van der Waals surface area (Å²) in [6.07, 6.45) is -4.68. The number of hydrazone groups is 1. The fourth-order valence-electron chi connectivity index (χ4n) is 5.06. The van der Waals surface area contributed by atoms with E-state index in [0.717, 1.165) is 6.07 Å². The quantitative estimate of drug-likeness (QED) is 0.402. The van der Waals surface area contributed by atoms with Crippen LogP contribution in [0.5, 0.6) is 0 Å². The first kappa shape index (κ1) is 32.0. The highest BCUT2D eigenvalue weighted by atomic mass is 19.4. The maximum atomic E-state index is 14.1. The summed E-state index contributed by atoms with van der Waals surface area (Å²) in [5.74, 6) is -3.89. The molecule has 232 valence electrons. The molecule has 4 rings (SSSR count). The lowest BCUT2D eigenvalue weighted by Crippen LogP contribution is -2.61. The number of carbonyl (C=O) groups is 3. The van der Waals surface area contributed by atoms with E-state index in [0.29, 0.717) is 16.6 Å². The molecule has 1 saturated heterocycles. The molecule has 0 unspecified atom stereocenters. The molecule has 0 spiro atoms. The third-order valence-electron chi connectivity index (χ3n) is 7.25. The Balaban J connectivity index is 1.59. The Morgan fingerprint density at radius 3 is 2.47 bits per heavy atom. The molecule has 2 heterocycles. The average molecular weight is 610 g/mol. The number of nitrogens with one attached hydrogen (secondary N) is 1. The summed E-state index contributed by atoms with van der Waals surface area (Å²) in [4.78, 5) is 41.4. The van der Waals surface area contributed by atoms with E-state index in [1.807, 2.05) is 0 Å². The van der Waals surface area contributed by atoms with Gasteiger partial charge in [0.05, 0.1) is 24.5 Å². The monoisotopic (exact) mass is 609 g/mol. The number of amides is 3. The molecule has 2 aliphatic heterocycles. The van der Waals surface area contributed by atoms with Gasteiger partial charge < -0.3 is 20.7 Å². The smallest absolute Gasteiger partial charge is 0.374 e. The van der Waals surface area contributed by atoms with Crippen molar-refractivity contribution in [1.82, 2.24) is 15.2 Å². The first-order chi connectivity index (χ1) is 20.1. The molecule has 0 aromatic heterocycles. The standard InChI is InChI=1S/C29H32F5N5O4/c1-27(2,35)25(41)36-22(15-43-14-19-8-9-20(30)12-21(19)31)24(40)38-11-10-23-28(16-38,13-18-6-4-3-5-7-18)26(42)39(37-23)17-29(32,33)34/h3-9,12,22H,10-11,13-17,35H2,1-2H3,(H,36,41)/t22-,28-/m1/s1. The number of alkyl halides is 3. The van der Waals surface area contributed by atoms with E-state index in [1.165, 1.54) is 24.8 Å². The van der Waals surface area contributed by atoms with Gasteiger partial charge in [0.2, 0.25) is 11.8 Å². The van der Waals surface area contributed by atoms with Gasteiger partial charge in [0.1, 0.15) is 29.6 Å². The summed E-state index contributed by atoms with van der Waals surface area (Å²) < 4.78 is 72.8. The van der Waals surface area contributed by atoms with Crippen molar-refractivity contribution < 1.29 is 41.1 Å². The number of likely N-dealkylation sites (tertiary alicyclic amines) is 1. The van der Waals surface area contributed by atoms with Crippen LogP contribution < -0.4 is 11.1 Å². The lowest BCUT2D eigenvalue weighted by molar-refractivity contribution is -0.164. The first-order valence-electron chi connectivity index (χ1n) is 13.5. The molecule has 2 aromatic carbocycles. The number of ether oxygens (including phenoxy) is 1. The lowest BCUT2D eigenvalue weighted by Gasteiger charge is -2.41. The zero-order valence-electron chi connectivity index (χ0n) is 23.6. The molecule has 1 fully saturated rings. The molecular weight excluding hydrogens is 577 g/mol. The van der Waals surface area contributed by atoms with Crippen LogP contribution >= 0.6 is 0 Å². The van der Waals surface area contributed by atoms with Gasteiger partial charge in [0, 0.05) is 31.1 Å². The fraction of sp³-hybridized carbons (Fsp3) is 0.448. The Labute approximate surface area is 244 Å². The summed E-state index contributed by atoms with van der Waals surface area (Å²) in [7, 11) is 0. The molecule has 0 aliphatic carbocycles.